The van der Waals surface area contributed by atoms with Crippen molar-refractivity contribution in [1.29, 1.82) is 0 Å². The SMILES string of the molecule is COc1ccccc1C(C)NCC1CCCCO1. The number of hydrogen-bond donors (Lipinski definition) is 1. The largest absolute Gasteiger partial charge is 0.496 e. The summed E-state index contributed by atoms with van der Waals surface area (Å²) in [6.07, 6.45) is 4.04. The summed E-state index contributed by atoms with van der Waals surface area (Å²) in [5, 5.41) is 3.54. The molecule has 1 fully saturated rings. The summed E-state index contributed by atoms with van der Waals surface area (Å²) >= 11 is 0. The minimum absolute atomic E-state index is 0.284. The van der Waals surface area contributed by atoms with E-state index in [9.17, 15) is 0 Å². The number of ether oxygens (including phenoxy) is 2. The molecular weight excluding hydrogens is 226 g/mol. The number of nitrogens with one attached hydrogen (secondary N) is 1. The van der Waals surface area contributed by atoms with Gasteiger partial charge in [0.15, 0.2) is 0 Å². The molecule has 1 saturated heterocycles. The van der Waals surface area contributed by atoms with Crippen LogP contribution in [-0.2, 0) is 4.74 Å². The topological polar surface area (TPSA) is 30.5 Å². The lowest BCUT2D eigenvalue weighted by molar-refractivity contribution is 0.0156. The first-order valence-corrected chi connectivity index (χ1v) is 6.79. The second-order valence-electron chi connectivity index (χ2n) is 4.86. The van der Waals surface area contributed by atoms with Crippen LogP contribution in [0.1, 0.15) is 37.8 Å². The molecule has 3 nitrogen and oxygen atoms in total. The molecule has 18 heavy (non-hydrogen) atoms. The van der Waals surface area contributed by atoms with Crippen molar-refractivity contribution in [3.05, 3.63) is 29.8 Å². The summed E-state index contributed by atoms with van der Waals surface area (Å²) in [6.45, 7) is 4.00. The number of benzene rings is 1. The van der Waals surface area contributed by atoms with Crippen molar-refractivity contribution in [2.45, 2.75) is 38.3 Å². The molecule has 0 saturated carbocycles. The van der Waals surface area contributed by atoms with Crippen LogP contribution < -0.4 is 10.1 Å². The minimum Gasteiger partial charge on any atom is -0.496 e. The fourth-order valence-electron chi connectivity index (χ4n) is 2.41. The van der Waals surface area contributed by atoms with Gasteiger partial charge in [0.2, 0.25) is 0 Å². The summed E-state index contributed by atoms with van der Waals surface area (Å²) in [7, 11) is 1.72. The molecule has 1 heterocycles. The Morgan fingerprint density at radius 3 is 2.94 bits per heavy atom. The van der Waals surface area contributed by atoms with Gasteiger partial charge in [-0.1, -0.05) is 18.2 Å². The molecule has 3 heteroatoms. The van der Waals surface area contributed by atoms with Crippen LogP contribution in [0.25, 0.3) is 0 Å². The van der Waals surface area contributed by atoms with Gasteiger partial charge < -0.3 is 14.8 Å². The van der Waals surface area contributed by atoms with Crippen molar-refractivity contribution in [3.8, 4) is 5.75 Å². The molecule has 1 N–H and O–H groups in total. The number of rotatable bonds is 5. The Hall–Kier alpha value is -1.06. The zero-order valence-corrected chi connectivity index (χ0v) is 11.3. The maximum absolute atomic E-state index is 5.73. The summed E-state index contributed by atoms with van der Waals surface area (Å²) < 4.78 is 11.1. The van der Waals surface area contributed by atoms with Gasteiger partial charge in [0.05, 0.1) is 13.2 Å². The third kappa shape index (κ3) is 3.47. The lowest BCUT2D eigenvalue weighted by Crippen LogP contribution is -2.33. The van der Waals surface area contributed by atoms with E-state index in [0.717, 1.165) is 18.9 Å². The van der Waals surface area contributed by atoms with Crippen LogP contribution in [0.4, 0.5) is 0 Å². The molecule has 0 aliphatic carbocycles. The third-order valence-electron chi connectivity index (χ3n) is 3.53. The average molecular weight is 249 g/mol. The predicted molar refractivity (Wildman–Crippen MR) is 73.0 cm³/mol. The molecule has 0 amide bonds. The second-order valence-corrected chi connectivity index (χ2v) is 4.86. The van der Waals surface area contributed by atoms with Gasteiger partial charge in [-0.15, -0.1) is 0 Å². The van der Waals surface area contributed by atoms with Gasteiger partial charge in [0, 0.05) is 24.8 Å². The lowest BCUT2D eigenvalue weighted by Gasteiger charge is -2.25. The second kappa shape index (κ2) is 6.76. The summed E-state index contributed by atoms with van der Waals surface area (Å²) in [5.74, 6) is 0.946. The Bertz CT molecular complexity index is 361. The van der Waals surface area contributed by atoms with Gasteiger partial charge in [-0.2, -0.15) is 0 Å². The fraction of sp³-hybridized carbons (Fsp3) is 0.600. The standard InChI is InChI=1S/C15H23NO2/c1-12(14-8-3-4-9-15(14)17-2)16-11-13-7-5-6-10-18-13/h3-4,8-9,12-13,16H,5-7,10-11H2,1-2H3. The monoisotopic (exact) mass is 249 g/mol. The van der Waals surface area contributed by atoms with Crippen molar-refractivity contribution in [3.63, 3.8) is 0 Å². The lowest BCUT2D eigenvalue weighted by atomic mass is 10.1. The van der Waals surface area contributed by atoms with E-state index in [1.54, 1.807) is 7.11 Å². The molecule has 0 spiro atoms. The Morgan fingerprint density at radius 2 is 2.22 bits per heavy atom. The van der Waals surface area contributed by atoms with E-state index in [1.165, 1.54) is 24.8 Å². The molecular formula is C15H23NO2. The van der Waals surface area contributed by atoms with Crippen LogP contribution in [0.2, 0.25) is 0 Å². The van der Waals surface area contributed by atoms with Gasteiger partial charge in [-0.3, -0.25) is 0 Å². The van der Waals surface area contributed by atoms with Crippen LogP contribution in [0.5, 0.6) is 5.75 Å². The predicted octanol–water partition coefficient (Wildman–Crippen LogP) is 2.91. The van der Waals surface area contributed by atoms with Crippen molar-refractivity contribution >= 4 is 0 Å². The van der Waals surface area contributed by atoms with E-state index >= 15 is 0 Å². The van der Waals surface area contributed by atoms with E-state index < -0.39 is 0 Å². The molecule has 1 aromatic carbocycles. The third-order valence-corrected chi connectivity index (χ3v) is 3.53. The normalized spacial score (nSPS) is 21.6. The Morgan fingerprint density at radius 1 is 1.39 bits per heavy atom. The zero-order valence-electron chi connectivity index (χ0n) is 11.3. The van der Waals surface area contributed by atoms with E-state index in [4.69, 9.17) is 9.47 Å². The molecule has 2 rings (SSSR count). The number of methoxy groups -OCH3 is 1. The molecule has 0 bridgehead atoms. The Balaban J connectivity index is 1.88. The van der Waals surface area contributed by atoms with Crippen molar-refractivity contribution in [2.24, 2.45) is 0 Å². The Labute approximate surface area is 109 Å². The minimum atomic E-state index is 0.284. The summed E-state index contributed by atoms with van der Waals surface area (Å²) in [6, 6.07) is 8.45. The van der Waals surface area contributed by atoms with E-state index in [0.29, 0.717) is 6.10 Å². The molecule has 2 atom stereocenters. The highest BCUT2D eigenvalue weighted by molar-refractivity contribution is 5.35. The molecule has 100 valence electrons. The van der Waals surface area contributed by atoms with Crippen LogP contribution in [-0.4, -0.2) is 26.4 Å². The first-order valence-electron chi connectivity index (χ1n) is 6.79. The highest BCUT2D eigenvalue weighted by Gasteiger charge is 2.16. The highest BCUT2D eigenvalue weighted by Crippen LogP contribution is 2.24. The van der Waals surface area contributed by atoms with Gasteiger partial charge in [-0.25, -0.2) is 0 Å². The fourth-order valence-corrected chi connectivity index (χ4v) is 2.41. The van der Waals surface area contributed by atoms with Crippen molar-refractivity contribution < 1.29 is 9.47 Å². The van der Waals surface area contributed by atoms with Crippen LogP contribution >= 0.6 is 0 Å². The molecule has 0 aromatic heterocycles. The number of para-hydroxylation sites is 1. The molecule has 2 unspecified atom stereocenters. The van der Waals surface area contributed by atoms with E-state index in [1.807, 2.05) is 18.2 Å². The number of hydrogen-bond acceptors (Lipinski definition) is 3. The first kappa shape index (κ1) is 13.4. The van der Waals surface area contributed by atoms with Gasteiger partial charge in [0.1, 0.15) is 5.75 Å². The van der Waals surface area contributed by atoms with Gasteiger partial charge in [-0.05, 0) is 32.3 Å². The van der Waals surface area contributed by atoms with Gasteiger partial charge in [0.25, 0.3) is 0 Å². The smallest absolute Gasteiger partial charge is 0.123 e. The summed E-state index contributed by atoms with van der Waals surface area (Å²) in [5.41, 5.74) is 1.20. The van der Waals surface area contributed by atoms with Crippen LogP contribution in [0.3, 0.4) is 0 Å². The van der Waals surface area contributed by atoms with E-state index in [-0.39, 0.29) is 6.04 Å². The maximum atomic E-state index is 5.73. The average Bonchev–Trinajstić information content (AvgIpc) is 2.45. The first-order chi connectivity index (χ1) is 8.81. The van der Waals surface area contributed by atoms with Crippen molar-refractivity contribution in [2.75, 3.05) is 20.3 Å². The van der Waals surface area contributed by atoms with Crippen LogP contribution in [0, 0.1) is 0 Å². The van der Waals surface area contributed by atoms with Crippen LogP contribution in [0.15, 0.2) is 24.3 Å². The highest BCUT2D eigenvalue weighted by atomic mass is 16.5. The Kier molecular flexibility index (Phi) is 5.02. The van der Waals surface area contributed by atoms with Crippen molar-refractivity contribution in [1.82, 2.24) is 5.32 Å². The maximum Gasteiger partial charge on any atom is 0.123 e. The molecule has 1 aliphatic rings. The molecule has 1 aromatic rings. The van der Waals surface area contributed by atoms with Gasteiger partial charge >= 0.3 is 0 Å². The zero-order chi connectivity index (χ0) is 12.8. The summed E-state index contributed by atoms with van der Waals surface area (Å²) in [4.78, 5) is 0. The molecule has 1 aliphatic heterocycles. The quantitative estimate of drug-likeness (QED) is 0.870. The van der Waals surface area contributed by atoms with E-state index in [2.05, 4.69) is 18.3 Å². The molecule has 0 radical (unpaired) electrons.